The molecule has 0 aliphatic rings. The summed E-state index contributed by atoms with van der Waals surface area (Å²) in [4.78, 5) is 12.5. The first-order valence-electron chi connectivity index (χ1n) is 8.13. The highest BCUT2D eigenvalue weighted by Crippen LogP contribution is 2.07. The molecule has 0 atom stereocenters. The van der Waals surface area contributed by atoms with E-state index in [4.69, 9.17) is 0 Å². The largest absolute Gasteiger partial charge is 0.356 e. The van der Waals surface area contributed by atoms with Gasteiger partial charge < -0.3 is 10.6 Å². The van der Waals surface area contributed by atoms with E-state index < -0.39 is 0 Å². The molecule has 0 aliphatic heterocycles. The summed E-state index contributed by atoms with van der Waals surface area (Å²) in [6.07, 6.45) is 5.87. The van der Waals surface area contributed by atoms with E-state index in [-0.39, 0.29) is 24.0 Å². The van der Waals surface area contributed by atoms with Crippen molar-refractivity contribution in [2.24, 2.45) is 4.99 Å². The maximum absolute atomic E-state index is 4.31. The minimum atomic E-state index is 0. The Morgan fingerprint density at radius 3 is 2.62 bits per heavy atom. The fraction of sp³-hybridized carbons (Fsp3) is 0.222. The maximum atomic E-state index is 4.31. The molecule has 0 aliphatic carbocycles. The van der Waals surface area contributed by atoms with Crippen LogP contribution in [0.4, 0.5) is 0 Å². The molecule has 0 amide bonds. The highest BCUT2D eigenvalue weighted by atomic mass is 127. The van der Waals surface area contributed by atoms with Crippen LogP contribution in [0, 0.1) is 0 Å². The highest BCUT2D eigenvalue weighted by molar-refractivity contribution is 14.0. The first-order chi connectivity index (χ1) is 12.3. The smallest absolute Gasteiger partial charge is 0.191 e. The van der Waals surface area contributed by atoms with Crippen molar-refractivity contribution in [2.45, 2.75) is 13.0 Å². The van der Waals surface area contributed by atoms with Crippen molar-refractivity contribution < 1.29 is 0 Å². The Bertz CT molecular complexity index is 786. The first kappa shape index (κ1) is 19.8. The molecule has 7 nitrogen and oxygen atoms in total. The van der Waals surface area contributed by atoms with Crippen molar-refractivity contribution in [3.8, 4) is 5.69 Å². The van der Waals surface area contributed by atoms with E-state index in [0.717, 1.165) is 35.9 Å². The van der Waals surface area contributed by atoms with Crippen molar-refractivity contribution in [2.75, 3.05) is 13.6 Å². The molecule has 0 saturated carbocycles. The molecule has 26 heavy (non-hydrogen) atoms. The number of rotatable bonds is 6. The Balaban J connectivity index is 0.00000243. The molecule has 0 saturated heterocycles. The van der Waals surface area contributed by atoms with Gasteiger partial charge in [0, 0.05) is 38.4 Å². The number of aromatic nitrogens is 4. The Morgan fingerprint density at radius 2 is 1.96 bits per heavy atom. The van der Waals surface area contributed by atoms with Gasteiger partial charge in [-0.1, -0.05) is 18.2 Å². The number of guanidine groups is 1. The Morgan fingerprint density at radius 1 is 1.12 bits per heavy atom. The topological polar surface area (TPSA) is 80.0 Å². The molecule has 1 aromatic carbocycles. The second-order valence-corrected chi connectivity index (χ2v) is 5.43. The number of hydrogen-bond acceptors (Lipinski definition) is 4. The van der Waals surface area contributed by atoms with Crippen LogP contribution in [-0.2, 0) is 13.0 Å². The van der Waals surface area contributed by atoms with Gasteiger partial charge in [-0.05, 0) is 29.8 Å². The molecule has 2 aromatic heterocycles. The number of pyridine rings is 1. The van der Waals surface area contributed by atoms with Crippen LogP contribution in [-0.4, -0.2) is 39.3 Å². The number of nitrogens with zero attached hydrogens (tertiary/aromatic N) is 5. The predicted octanol–water partition coefficient (Wildman–Crippen LogP) is 2.19. The lowest BCUT2D eigenvalue weighted by molar-refractivity contribution is 0.784. The minimum absolute atomic E-state index is 0. The molecule has 3 rings (SSSR count). The highest BCUT2D eigenvalue weighted by Gasteiger charge is 2.01. The van der Waals surface area contributed by atoms with Crippen molar-refractivity contribution in [3.05, 3.63) is 72.6 Å². The van der Waals surface area contributed by atoms with Gasteiger partial charge in [-0.25, -0.2) is 9.67 Å². The Labute approximate surface area is 170 Å². The maximum Gasteiger partial charge on any atom is 0.191 e. The normalized spacial score (nSPS) is 10.9. The summed E-state index contributed by atoms with van der Waals surface area (Å²) in [5.41, 5.74) is 3.21. The third-order valence-corrected chi connectivity index (χ3v) is 3.70. The van der Waals surface area contributed by atoms with Crippen LogP contribution in [0.2, 0.25) is 0 Å². The van der Waals surface area contributed by atoms with E-state index in [1.807, 2.05) is 36.5 Å². The monoisotopic (exact) mass is 463 g/mol. The van der Waals surface area contributed by atoms with Crippen LogP contribution in [0.3, 0.4) is 0 Å². The summed E-state index contributed by atoms with van der Waals surface area (Å²) in [7, 11) is 1.77. The van der Waals surface area contributed by atoms with Crippen molar-refractivity contribution >= 4 is 29.9 Å². The lowest BCUT2D eigenvalue weighted by Crippen LogP contribution is -2.37. The standard InChI is InChI=1S/C18H21N7.HI/c1-19-18(22-11-9-16-4-2-3-10-21-16)23-12-15-5-7-17(8-6-15)25-14-20-13-24-25;/h2-8,10,13-14H,9,11-12H2,1H3,(H2,19,22,23);1H. The quantitative estimate of drug-likeness (QED) is 0.333. The predicted molar refractivity (Wildman–Crippen MR) is 113 cm³/mol. The van der Waals surface area contributed by atoms with Crippen LogP contribution in [0.5, 0.6) is 0 Å². The van der Waals surface area contributed by atoms with Crippen LogP contribution in [0.15, 0.2) is 66.3 Å². The van der Waals surface area contributed by atoms with Gasteiger partial charge in [0.1, 0.15) is 12.7 Å². The van der Waals surface area contributed by atoms with Crippen LogP contribution in [0.25, 0.3) is 5.69 Å². The van der Waals surface area contributed by atoms with Crippen LogP contribution in [0.1, 0.15) is 11.3 Å². The SMILES string of the molecule is CN=C(NCCc1ccccn1)NCc1ccc(-n2cncn2)cc1.I. The van der Waals surface area contributed by atoms with E-state index >= 15 is 0 Å². The molecule has 2 N–H and O–H groups in total. The van der Waals surface area contributed by atoms with E-state index in [2.05, 4.69) is 42.8 Å². The average molecular weight is 463 g/mol. The number of hydrogen-bond donors (Lipinski definition) is 2. The van der Waals surface area contributed by atoms with Gasteiger partial charge in [0.15, 0.2) is 5.96 Å². The molecule has 0 fully saturated rings. The lowest BCUT2D eigenvalue weighted by atomic mass is 10.2. The van der Waals surface area contributed by atoms with Gasteiger partial charge in [0.2, 0.25) is 0 Å². The molecular weight excluding hydrogens is 441 g/mol. The van der Waals surface area contributed by atoms with Gasteiger partial charge in [0.25, 0.3) is 0 Å². The third-order valence-electron chi connectivity index (χ3n) is 3.70. The van der Waals surface area contributed by atoms with Crippen molar-refractivity contribution in [1.82, 2.24) is 30.4 Å². The first-order valence-corrected chi connectivity index (χ1v) is 8.13. The number of benzene rings is 1. The molecule has 0 radical (unpaired) electrons. The molecule has 2 heterocycles. The van der Waals surface area contributed by atoms with E-state index in [1.165, 1.54) is 6.33 Å². The molecular formula is C18H22IN7. The number of nitrogens with one attached hydrogen (secondary N) is 2. The van der Waals surface area contributed by atoms with E-state index in [0.29, 0.717) is 6.54 Å². The zero-order valence-corrected chi connectivity index (χ0v) is 16.9. The summed E-state index contributed by atoms with van der Waals surface area (Å²) >= 11 is 0. The zero-order valence-electron chi connectivity index (χ0n) is 14.5. The fourth-order valence-electron chi connectivity index (χ4n) is 2.37. The third kappa shape index (κ3) is 5.80. The molecule has 136 valence electrons. The summed E-state index contributed by atoms with van der Waals surface area (Å²) in [5, 5.41) is 10.7. The molecule has 0 unspecified atom stereocenters. The van der Waals surface area contributed by atoms with Gasteiger partial charge in [-0.3, -0.25) is 9.98 Å². The molecule has 3 aromatic rings. The summed E-state index contributed by atoms with van der Waals surface area (Å²) in [6, 6.07) is 14.1. The lowest BCUT2D eigenvalue weighted by Gasteiger charge is -2.12. The molecule has 8 heteroatoms. The van der Waals surface area contributed by atoms with Gasteiger partial charge >= 0.3 is 0 Å². The summed E-state index contributed by atoms with van der Waals surface area (Å²) in [5.74, 6) is 0.774. The molecule has 0 bridgehead atoms. The summed E-state index contributed by atoms with van der Waals surface area (Å²) < 4.78 is 1.73. The zero-order chi connectivity index (χ0) is 17.3. The van der Waals surface area contributed by atoms with Gasteiger partial charge in [-0.2, -0.15) is 5.10 Å². The van der Waals surface area contributed by atoms with Gasteiger partial charge in [0.05, 0.1) is 5.69 Å². The Kier molecular flexibility index (Phi) is 8.00. The van der Waals surface area contributed by atoms with Gasteiger partial charge in [-0.15, -0.1) is 24.0 Å². The van der Waals surface area contributed by atoms with Crippen LogP contribution >= 0.6 is 24.0 Å². The number of halogens is 1. The van der Waals surface area contributed by atoms with E-state index in [1.54, 1.807) is 18.1 Å². The Hall–Kier alpha value is -2.49. The minimum Gasteiger partial charge on any atom is -0.356 e. The van der Waals surface area contributed by atoms with Crippen molar-refractivity contribution in [3.63, 3.8) is 0 Å². The number of aliphatic imine (C=N–C) groups is 1. The fourth-order valence-corrected chi connectivity index (χ4v) is 2.37. The second-order valence-electron chi connectivity index (χ2n) is 5.43. The van der Waals surface area contributed by atoms with Crippen LogP contribution < -0.4 is 10.6 Å². The molecule has 0 spiro atoms. The average Bonchev–Trinajstić information content (AvgIpc) is 3.20. The second kappa shape index (κ2) is 10.5. The summed E-state index contributed by atoms with van der Waals surface area (Å²) in [6.45, 7) is 1.48. The van der Waals surface area contributed by atoms with Crippen molar-refractivity contribution in [1.29, 1.82) is 0 Å². The van der Waals surface area contributed by atoms with E-state index in [9.17, 15) is 0 Å².